The molecule has 1 aromatic rings. The van der Waals surface area contributed by atoms with Gasteiger partial charge in [-0.1, -0.05) is 29.4 Å². The Labute approximate surface area is 98.7 Å². The summed E-state index contributed by atoms with van der Waals surface area (Å²) in [4.78, 5) is 4.21. The van der Waals surface area contributed by atoms with Crippen LogP contribution in [0.4, 0.5) is 5.82 Å². The van der Waals surface area contributed by atoms with Crippen molar-refractivity contribution in [3.8, 4) is 5.75 Å². The van der Waals surface area contributed by atoms with Gasteiger partial charge in [0.1, 0.15) is 0 Å². The first kappa shape index (κ1) is 12.0. The minimum absolute atomic E-state index is 0.638. The minimum atomic E-state index is 0.638. The van der Waals surface area contributed by atoms with E-state index in [1.54, 1.807) is 6.20 Å². The van der Waals surface area contributed by atoms with Crippen molar-refractivity contribution in [2.75, 3.05) is 18.5 Å². The van der Waals surface area contributed by atoms with Crippen LogP contribution in [-0.4, -0.2) is 18.1 Å². The van der Waals surface area contributed by atoms with Gasteiger partial charge in [0.2, 0.25) is 0 Å². The van der Waals surface area contributed by atoms with Gasteiger partial charge in [0.25, 0.3) is 0 Å². The molecule has 4 heteroatoms. The number of nitrogens with zero attached hydrogens (tertiary/aromatic N) is 1. The molecule has 0 aliphatic carbocycles. The van der Waals surface area contributed by atoms with E-state index in [-0.39, 0.29) is 0 Å². The fourth-order valence-corrected chi connectivity index (χ4v) is 1.17. The Morgan fingerprint density at radius 3 is 3.13 bits per heavy atom. The zero-order valence-electron chi connectivity index (χ0n) is 8.79. The third kappa shape index (κ3) is 4.34. The fourth-order valence-electron chi connectivity index (χ4n) is 1.03. The molecule has 0 fully saturated rings. The number of rotatable bonds is 6. The van der Waals surface area contributed by atoms with Gasteiger partial charge in [-0.3, -0.25) is 0 Å². The summed E-state index contributed by atoms with van der Waals surface area (Å²) in [5.74, 6) is 1.54. The van der Waals surface area contributed by atoms with E-state index in [1.807, 2.05) is 12.1 Å². The maximum absolute atomic E-state index is 5.55. The van der Waals surface area contributed by atoms with Crippen LogP contribution in [0.5, 0.6) is 5.75 Å². The molecule has 3 nitrogen and oxygen atoms in total. The summed E-state index contributed by atoms with van der Waals surface area (Å²) >= 11 is 3.28. The Morgan fingerprint density at radius 2 is 2.47 bits per heavy atom. The Morgan fingerprint density at radius 1 is 1.67 bits per heavy atom. The second-order valence-corrected chi connectivity index (χ2v) is 4.19. The normalized spacial score (nSPS) is 9.73. The molecule has 0 aliphatic heterocycles. The highest BCUT2D eigenvalue weighted by molar-refractivity contribution is 9.11. The second kappa shape index (κ2) is 6.45. The number of hydrogen-bond acceptors (Lipinski definition) is 3. The molecule has 0 atom stereocenters. The topological polar surface area (TPSA) is 34.2 Å². The van der Waals surface area contributed by atoms with Crippen molar-refractivity contribution < 1.29 is 4.74 Å². The first-order chi connectivity index (χ1) is 7.24. The number of anilines is 1. The lowest BCUT2D eigenvalue weighted by molar-refractivity contribution is 0.318. The number of hydrogen-bond donors (Lipinski definition) is 1. The van der Waals surface area contributed by atoms with E-state index >= 15 is 0 Å². The summed E-state index contributed by atoms with van der Waals surface area (Å²) in [5, 5.41) is 3.14. The SMILES string of the molecule is C=C(Br)CNc1ncccc1OCCC. The number of nitrogens with one attached hydrogen (secondary N) is 1. The minimum Gasteiger partial charge on any atom is -0.490 e. The lowest BCUT2D eigenvalue weighted by Crippen LogP contribution is -2.06. The first-order valence-corrected chi connectivity index (χ1v) is 5.68. The molecule has 1 aromatic heterocycles. The number of pyridine rings is 1. The van der Waals surface area contributed by atoms with Crippen LogP contribution in [0.15, 0.2) is 29.4 Å². The van der Waals surface area contributed by atoms with Crippen molar-refractivity contribution in [3.63, 3.8) is 0 Å². The maximum Gasteiger partial charge on any atom is 0.169 e. The summed E-state index contributed by atoms with van der Waals surface area (Å²) in [6.45, 7) is 7.16. The van der Waals surface area contributed by atoms with Gasteiger partial charge in [-0.15, -0.1) is 0 Å². The lowest BCUT2D eigenvalue weighted by atomic mass is 10.4. The molecule has 1 rings (SSSR count). The summed E-state index contributed by atoms with van der Waals surface area (Å²) in [7, 11) is 0. The molecule has 0 saturated carbocycles. The first-order valence-electron chi connectivity index (χ1n) is 4.89. The van der Waals surface area contributed by atoms with Crippen molar-refractivity contribution in [3.05, 3.63) is 29.4 Å². The van der Waals surface area contributed by atoms with E-state index < -0.39 is 0 Å². The molecule has 15 heavy (non-hydrogen) atoms. The summed E-state index contributed by atoms with van der Waals surface area (Å²) in [6.07, 6.45) is 2.72. The molecule has 1 N–H and O–H groups in total. The highest BCUT2D eigenvalue weighted by Gasteiger charge is 2.02. The van der Waals surface area contributed by atoms with Gasteiger partial charge in [-0.25, -0.2) is 4.98 Å². The van der Waals surface area contributed by atoms with E-state index in [0.29, 0.717) is 13.2 Å². The second-order valence-electron chi connectivity index (χ2n) is 3.07. The van der Waals surface area contributed by atoms with Crippen LogP contribution >= 0.6 is 15.9 Å². The van der Waals surface area contributed by atoms with Gasteiger partial charge >= 0.3 is 0 Å². The Kier molecular flexibility index (Phi) is 5.18. The molecule has 82 valence electrons. The van der Waals surface area contributed by atoms with E-state index in [1.165, 1.54) is 0 Å². The van der Waals surface area contributed by atoms with Gasteiger partial charge in [-0.05, 0) is 18.6 Å². The van der Waals surface area contributed by atoms with Gasteiger partial charge < -0.3 is 10.1 Å². The molecule has 1 heterocycles. The zero-order valence-corrected chi connectivity index (χ0v) is 10.4. The van der Waals surface area contributed by atoms with Gasteiger partial charge in [0.15, 0.2) is 11.6 Å². The third-order valence-corrected chi connectivity index (χ3v) is 1.96. The molecule has 0 aliphatic rings. The number of ether oxygens (including phenoxy) is 1. The molecule has 0 aromatic carbocycles. The van der Waals surface area contributed by atoms with Crippen molar-refractivity contribution >= 4 is 21.7 Å². The molecule has 0 spiro atoms. The van der Waals surface area contributed by atoms with E-state index in [4.69, 9.17) is 4.74 Å². The van der Waals surface area contributed by atoms with E-state index in [2.05, 4.69) is 39.7 Å². The lowest BCUT2D eigenvalue weighted by Gasteiger charge is -2.10. The summed E-state index contributed by atoms with van der Waals surface area (Å²) in [5.41, 5.74) is 0. The standard InChI is InChI=1S/C11H15BrN2O/c1-3-7-15-10-5-4-6-13-11(10)14-8-9(2)12/h4-6H,2-3,7-8H2,1H3,(H,13,14). The van der Waals surface area contributed by atoms with Crippen LogP contribution in [0.2, 0.25) is 0 Å². The van der Waals surface area contributed by atoms with Gasteiger partial charge in [0, 0.05) is 17.2 Å². The van der Waals surface area contributed by atoms with Crippen LogP contribution < -0.4 is 10.1 Å². The van der Waals surface area contributed by atoms with Gasteiger partial charge in [0.05, 0.1) is 6.61 Å². The molecule has 0 amide bonds. The Balaban J connectivity index is 2.63. The molecule has 0 unspecified atom stereocenters. The molecule has 0 bridgehead atoms. The van der Waals surface area contributed by atoms with Crippen molar-refractivity contribution in [1.82, 2.24) is 4.98 Å². The third-order valence-electron chi connectivity index (χ3n) is 1.68. The predicted molar refractivity (Wildman–Crippen MR) is 66.6 cm³/mol. The summed E-state index contributed by atoms with van der Waals surface area (Å²) < 4.78 is 6.43. The smallest absolute Gasteiger partial charge is 0.169 e. The average Bonchev–Trinajstić information content (AvgIpc) is 2.24. The van der Waals surface area contributed by atoms with E-state index in [0.717, 1.165) is 22.5 Å². The monoisotopic (exact) mass is 270 g/mol. The largest absolute Gasteiger partial charge is 0.490 e. The number of aromatic nitrogens is 1. The van der Waals surface area contributed by atoms with Crippen molar-refractivity contribution in [2.24, 2.45) is 0 Å². The Bertz CT molecular complexity index is 328. The molecular weight excluding hydrogens is 256 g/mol. The highest BCUT2D eigenvalue weighted by atomic mass is 79.9. The van der Waals surface area contributed by atoms with Crippen molar-refractivity contribution in [1.29, 1.82) is 0 Å². The highest BCUT2D eigenvalue weighted by Crippen LogP contribution is 2.21. The molecular formula is C11H15BrN2O. The quantitative estimate of drug-likeness (QED) is 0.862. The van der Waals surface area contributed by atoms with Crippen LogP contribution in [0, 0.1) is 0 Å². The Hall–Kier alpha value is -1.03. The average molecular weight is 271 g/mol. The van der Waals surface area contributed by atoms with Crippen molar-refractivity contribution in [2.45, 2.75) is 13.3 Å². The number of halogens is 1. The van der Waals surface area contributed by atoms with Crippen LogP contribution in [0.3, 0.4) is 0 Å². The van der Waals surface area contributed by atoms with E-state index in [9.17, 15) is 0 Å². The fraction of sp³-hybridized carbons (Fsp3) is 0.364. The van der Waals surface area contributed by atoms with Crippen LogP contribution in [0.25, 0.3) is 0 Å². The molecule has 0 radical (unpaired) electrons. The maximum atomic E-state index is 5.55. The summed E-state index contributed by atoms with van der Waals surface area (Å²) in [6, 6.07) is 3.76. The van der Waals surface area contributed by atoms with Crippen LogP contribution in [-0.2, 0) is 0 Å². The van der Waals surface area contributed by atoms with Crippen LogP contribution in [0.1, 0.15) is 13.3 Å². The zero-order chi connectivity index (χ0) is 11.1. The molecule has 0 saturated heterocycles. The predicted octanol–water partition coefficient (Wildman–Crippen LogP) is 3.19. The van der Waals surface area contributed by atoms with Gasteiger partial charge in [-0.2, -0.15) is 0 Å².